The van der Waals surface area contributed by atoms with Gasteiger partial charge in [0.25, 0.3) is 10.0 Å². The lowest BCUT2D eigenvalue weighted by Gasteiger charge is -1.97. The van der Waals surface area contributed by atoms with E-state index < -0.39 is 26.4 Å². The lowest BCUT2D eigenvalue weighted by atomic mass is 10.6. The molecule has 1 rings (SSSR count). The first-order valence-corrected chi connectivity index (χ1v) is 4.97. The fraction of sp³-hybridized carbons (Fsp3) is 0.333. The third-order valence-corrected chi connectivity index (χ3v) is 2.91. The highest BCUT2D eigenvalue weighted by Crippen LogP contribution is 2.28. The van der Waals surface area contributed by atoms with Crippen molar-refractivity contribution in [1.29, 1.82) is 0 Å². The molecule has 0 amide bonds. The minimum absolute atomic E-state index is 0.0893. The van der Waals surface area contributed by atoms with Crippen LogP contribution in [0.15, 0.2) is 4.34 Å². The second-order valence-corrected chi connectivity index (χ2v) is 4.41. The van der Waals surface area contributed by atoms with Crippen molar-refractivity contribution in [3.63, 3.8) is 0 Å². The first-order valence-electron chi connectivity index (χ1n) is 2.65. The standard InChI is InChI=1S/C3H2F3N3O2S2/c4-3(5,6)1-8-2(12-9-1)13(7,10)11/h(H2,7,10,11). The number of hydrogen-bond acceptors (Lipinski definition) is 5. The SMILES string of the molecule is NS(=O)(=O)c1nc(C(F)(F)F)ns1. The molecule has 0 aliphatic carbocycles. The average Bonchev–Trinajstić information content (AvgIpc) is 2.28. The molecule has 1 aromatic heterocycles. The summed E-state index contributed by atoms with van der Waals surface area (Å²) < 4.78 is 58.4. The highest BCUT2D eigenvalue weighted by Gasteiger charge is 2.37. The zero-order chi connectivity index (χ0) is 10.3. The van der Waals surface area contributed by atoms with Gasteiger partial charge in [0.2, 0.25) is 10.2 Å². The van der Waals surface area contributed by atoms with E-state index in [1.54, 1.807) is 0 Å². The molecule has 2 N–H and O–H groups in total. The number of sulfonamides is 1. The molecule has 0 aliphatic rings. The molecule has 0 unspecified atom stereocenters. The monoisotopic (exact) mass is 233 g/mol. The number of halogens is 3. The smallest absolute Gasteiger partial charge is 0.223 e. The third-order valence-electron chi connectivity index (χ3n) is 0.904. The predicted molar refractivity (Wildman–Crippen MR) is 36.3 cm³/mol. The Kier molecular flexibility index (Phi) is 2.30. The zero-order valence-electron chi connectivity index (χ0n) is 5.74. The Morgan fingerprint density at radius 3 is 2.15 bits per heavy atom. The number of alkyl halides is 3. The van der Waals surface area contributed by atoms with Gasteiger partial charge in [-0.3, -0.25) is 0 Å². The molecule has 1 aromatic rings. The number of aromatic nitrogens is 2. The van der Waals surface area contributed by atoms with Crippen LogP contribution in [-0.2, 0) is 16.2 Å². The van der Waals surface area contributed by atoms with Gasteiger partial charge < -0.3 is 0 Å². The quantitative estimate of drug-likeness (QED) is 0.750. The van der Waals surface area contributed by atoms with Crippen LogP contribution >= 0.6 is 11.5 Å². The van der Waals surface area contributed by atoms with E-state index in [-0.39, 0.29) is 11.5 Å². The van der Waals surface area contributed by atoms with Crippen LogP contribution in [0, 0.1) is 0 Å². The molecule has 74 valence electrons. The van der Waals surface area contributed by atoms with Crippen LogP contribution in [0.3, 0.4) is 0 Å². The first-order chi connectivity index (χ1) is 5.71. The van der Waals surface area contributed by atoms with Gasteiger partial charge in [-0.05, 0) is 11.5 Å². The van der Waals surface area contributed by atoms with Crippen LogP contribution < -0.4 is 5.14 Å². The van der Waals surface area contributed by atoms with Crippen LogP contribution in [0.1, 0.15) is 5.82 Å². The minimum atomic E-state index is -4.75. The van der Waals surface area contributed by atoms with E-state index in [2.05, 4.69) is 14.5 Å². The lowest BCUT2D eigenvalue weighted by molar-refractivity contribution is -0.144. The summed E-state index contributed by atoms with van der Waals surface area (Å²) in [4.78, 5) is 2.72. The maximum Gasteiger partial charge on any atom is 0.452 e. The summed E-state index contributed by atoms with van der Waals surface area (Å²) in [6, 6.07) is 0. The van der Waals surface area contributed by atoms with E-state index in [9.17, 15) is 21.6 Å². The minimum Gasteiger partial charge on any atom is -0.223 e. The largest absolute Gasteiger partial charge is 0.452 e. The fourth-order valence-corrected chi connectivity index (χ4v) is 1.62. The van der Waals surface area contributed by atoms with Crippen molar-refractivity contribution >= 4 is 21.6 Å². The molecule has 0 bridgehead atoms. The normalized spacial score (nSPS) is 13.2. The Morgan fingerprint density at radius 2 is 1.92 bits per heavy atom. The zero-order valence-corrected chi connectivity index (χ0v) is 7.37. The van der Waals surface area contributed by atoms with E-state index in [1.807, 2.05) is 0 Å². The highest BCUT2D eigenvalue weighted by atomic mass is 32.2. The Labute approximate surface area is 74.6 Å². The maximum absolute atomic E-state index is 11.8. The van der Waals surface area contributed by atoms with Crippen molar-refractivity contribution in [3.8, 4) is 0 Å². The van der Waals surface area contributed by atoms with E-state index in [4.69, 9.17) is 0 Å². The van der Waals surface area contributed by atoms with Gasteiger partial charge in [0.05, 0.1) is 0 Å². The number of primary sulfonamides is 1. The van der Waals surface area contributed by atoms with Crippen molar-refractivity contribution < 1.29 is 21.6 Å². The van der Waals surface area contributed by atoms with Gasteiger partial charge in [0.1, 0.15) is 0 Å². The predicted octanol–water partition coefficient (Wildman–Crippen LogP) is 0.204. The molecule has 0 spiro atoms. The molecule has 0 fully saturated rings. The number of nitrogens with two attached hydrogens (primary N) is 1. The van der Waals surface area contributed by atoms with Crippen LogP contribution in [0.2, 0.25) is 0 Å². The molecule has 1 heterocycles. The lowest BCUT2D eigenvalue weighted by Crippen LogP contribution is -2.13. The average molecular weight is 233 g/mol. The first kappa shape index (κ1) is 10.3. The van der Waals surface area contributed by atoms with E-state index >= 15 is 0 Å². The van der Waals surface area contributed by atoms with Gasteiger partial charge in [-0.1, -0.05) is 0 Å². The summed E-state index contributed by atoms with van der Waals surface area (Å²) in [7, 11) is -4.20. The molecule has 13 heavy (non-hydrogen) atoms. The molecule has 0 radical (unpaired) electrons. The van der Waals surface area contributed by atoms with Gasteiger partial charge in [-0.2, -0.15) is 22.5 Å². The number of hydrogen-bond donors (Lipinski definition) is 1. The molecule has 0 saturated carbocycles. The van der Waals surface area contributed by atoms with Crippen molar-refractivity contribution in [2.75, 3.05) is 0 Å². The van der Waals surface area contributed by atoms with Gasteiger partial charge in [0, 0.05) is 0 Å². The van der Waals surface area contributed by atoms with Crippen molar-refractivity contribution in [3.05, 3.63) is 5.82 Å². The second-order valence-electron chi connectivity index (χ2n) is 1.93. The Morgan fingerprint density at radius 1 is 1.38 bits per heavy atom. The molecule has 10 heteroatoms. The van der Waals surface area contributed by atoms with Crippen LogP contribution in [-0.4, -0.2) is 17.8 Å². The summed E-state index contributed by atoms with van der Waals surface area (Å²) in [6.45, 7) is 0. The number of nitrogens with zero attached hydrogens (tertiary/aromatic N) is 2. The van der Waals surface area contributed by atoms with Gasteiger partial charge in [-0.15, -0.1) is 0 Å². The Balaban J connectivity index is 3.16. The summed E-state index contributed by atoms with van der Waals surface area (Å²) in [5.41, 5.74) is 0. The summed E-state index contributed by atoms with van der Waals surface area (Å²) in [5, 5.41) is 4.53. The van der Waals surface area contributed by atoms with E-state index in [0.29, 0.717) is 0 Å². The van der Waals surface area contributed by atoms with Crippen molar-refractivity contribution in [2.45, 2.75) is 10.5 Å². The highest BCUT2D eigenvalue weighted by molar-refractivity contribution is 7.91. The molecule has 0 aliphatic heterocycles. The van der Waals surface area contributed by atoms with Crippen LogP contribution in [0.25, 0.3) is 0 Å². The van der Waals surface area contributed by atoms with Crippen LogP contribution in [0.5, 0.6) is 0 Å². The topological polar surface area (TPSA) is 85.9 Å². The van der Waals surface area contributed by atoms with Crippen LogP contribution in [0.4, 0.5) is 13.2 Å². The third kappa shape index (κ3) is 2.35. The molecule has 0 aromatic carbocycles. The summed E-state index contributed by atoms with van der Waals surface area (Å²) in [5.74, 6) is -1.50. The van der Waals surface area contributed by atoms with Crippen molar-refractivity contribution in [1.82, 2.24) is 9.36 Å². The molecular weight excluding hydrogens is 231 g/mol. The van der Waals surface area contributed by atoms with Gasteiger partial charge in [0.15, 0.2) is 0 Å². The summed E-state index contributed by atoms with van der Waals surface area (Å²) in [6.07, 6.45) is -4.75. The molecule has 0 atom stereocenters. The fourth-order valence-electron chi connectivity index (χ4n) is 0.440. The molecule has 5 nitrogen and oxygen atoms in total. The molecular formula is C3H2F3N3O2S2. The maximum atomic E-state index is 11.8. The summed E-state index contributed by atoms with van der Waals surface area (Å²) >= 11 is 0.0893. The second kappa shape index (κ2) is 2.89. The van der Waals surface area contributed by atoms with E-state index in [0.717, 1.165) is 0 Å². The molecule has 0 saturated heterocycles. The van der Waals surface area contributed by atoms with Gasteiger partial charge in [-0.25, -0.2) is 13.6 Å². The van der Waals surface area contributed by atoms with E-state index in [1.165, 1.54) is 0 Å². The number of rotatable bonds is 1. The Bertz CT molecular complexity index is 408. The van der Waals surface area contributed by atoms with Crippen molar-refractivity contribution in [2.24, 2.45) is 5.14 Å². The Hall–Kier alpha value is -0.740. The van der Waals surface area contributed by atoms with Gasteiger partial charge >= 0.3 is 6.18 Å².